The number of esters is 1. The third kappa shape index (κ3) is 6.80. The highest BCUT2D eigenvalue weighted by Crippen LogP contribution is 2.12. The molecule has 0 aliphatic carbocycles. The van der Waals surface area contributed by atoms with Crippen LogP contribution in [0.4, 0.5) is 4.39 Å². The van der Waals surface area contributed by atoms with E-state index in [2.05, 4.69) is 5.32 Å². The molecule has 4 nitrogen and oxygen atoms in total. The largest absolute Gasteiger partial charge is 0.452 e. The molecule has 3 unspecified atom stereocenters. The van der Waals surface area contributed by atoms with Gasteiger partial charge in [0.05, 0.1) is 5.92 Å². The molecule has 1 aromatic rings. The highest BCUT2D eigenvalue weighted by Gasteiger charge is 2.23. The van der Waals surface area contributed by atoms with E-state index in [1.807, 2.05) is 13.8 Å². The van der Waals surface area contributed by atoms with E-state index in [9.17, 15) is 14.0 Å². The number of amides is 1. The van der Waals surface area contributed by atoms with Gasteiger partial charge < -0.3 is 10.1 Å². The van der Waals surface area contributed by atoms with E-state index in [0.717, 1.165) is 18.4 Å². The van der Waals surface area contributed by atoms with Crippen LogP contribution in [0.15, 0.2) is 24.3 Å². The van der Waals surface area contributed by atoms with E-state index in [4.69, 9.17) is 4.74 Å². The molecule has 0 aliphatic rings. The standard InChI is InChI=1S/C18H26FNO3/c1-5-7-13(3)20-17(21)14(4)23-18(22)12(2)10-15-8-6-9-16(19)11-15/h6,8-9,11-14H,5,7,10H2,1-4H3,(H,20,21). The summed E-state index contributed by atoms with van der Waals surface area (Å²) in [5.41, 5.74) is 0.725. The molecule has 1 N–H and O–H groups in total. The lowest BCUT2D eigenvalue weighted by Crippen LogP contribution is -2.41. The molecule has 0 fully saturated rings. The molecule has 0 aromatic heterocycles. The second-order valence-electron chi connectivity index (χ2n) is 6.01. The molecule has 0 aliphatic heterocycles. The first-order chi connectivity index (χ1) is 10.8. The normalized spacial score (nSPS) is 14.7. The molecule has 5 heteroatoms. The average molecular weight is 323 g/mol. The highest BCUT2D eigenvalue weighted by molar-refractivity contribution is 5.84. The van der Waals surface area contributed by atoms with Crippen LogP contribution in [0.25, 0.3) is 0 Å². The van der Waals surface area contributed by atoms with Gasteiger partial charge in [-0.15, -0.1) is 0 Å². The summed E-state index contributed by atoms with van der Waals surface area (Å²) in [5, 5.41) is 2.82. The monoisotopic (exact) mass is 323 g/mol. The van der Waals surface area contributed by atoms with Gasteiger partial charge in [0, 0.05) is 6.04 Å². The first kappa shape index (κ1) is 19.1. The number of ether oxygens (including phenoxy) is 1. The third-order valence-electron chi connectivity index (χ3n) is 3.61. The van der Waals surface area contributed by atoms with Crippen molar-refractivity contribution in [2.24, 2.45) is 5.92 Å². The molecular formula is C18H26FNO3. The third-order valence-corrected chi connectivity index (χ3v) is 3.61. The zero-order valence-electron chi connectivity index (χ0n) is 14.3. The van der Waals surface area contributed by atoms with Gasteiger partial charge in [-0.25, -0.2) is 4.39 Å². The maximum atomic E-state index is 13.1. The Morgan fingerprint density at radius 3 is 2.57 bits per heavy atom. The lowest BCUT2D eigenvalue weighted by molar-refractivity contribution is -0.158. The average Bonchev–Trinajstić information content (AvgIpc) is 2.47. The topological polar surface area (TPSA) is 55.4 Å². The van der Waals surface area contributed by atoms with Gasteiger partial charge in [-0.2, -0.15) is 0 Å². The first-order valence-corrected chi connectivity index (χ1v) is 8.08. The number of halogens is 1. The molecule has 0 bridgehead atoms. The Hall–Kier alpha value is -1.91. The maximum Gasteiger partial charge on any atom is 0.309 e. The van der Waals surface area contributed by atoms with Gasteiger partial charge in [0.15, 0.2) is 6.10 Å². The lowest BCUT2D eigenvalue weighted by atomic mass is 10.0. The number of carbonyl (C=O) groups is 2. The summed E-state index contributed by atoms with van der Waals surface area (Å²) in [6.45, 7) is 7.22. The van der Waals surface area contributed by atoms with E-state index < -0.39 is 18.0 Å². The Kier molecular flexibility index (Phi) is 7.72. The molecule has 1 amide bonds. The molecule has 0 radical (unpaired) electrons. The van der Waals surface area contributed by atoms with Crippen molar-refractivity contribution >= 4 is 11.9 Å². The summed E-state index contributed by atoms with van der Waals surface area (Å²) in [6, 6.07) is 6.17. The van der Waals surface area contributed by atoms with E-state index in [0.29, 0.717) is 6.42 Å². The Morgan fingerprint density at radius 2 is 1.96 bits per heavy atom. The Morgan fingerprint density at radius 1 is 1.26 bits per heavy atom. The second kappa shape index (κ2) is 9.28. The van der Waals surface area contributed by atoms with Crippen LogP contribution in [0.2, 0.25) is 0 Å². The number of nitrogens with one attached hydrogen (secondary N) is 1. The Bertz CT molecular complexity index is 533. The van der Waals surface area contributed by atoms with Crippen LogP contribution in [0.1, 0.15) is 46.1 Å². The molecule has 1 rings (SSSR count). The van der Waals surface area contributed by atoms with E-state index in [1.54, 1.807) is 26.0 Å². The molecule has 128 valence electrons. The molecular weight excluding hydrogens is 297 g/mol. The highest BCUT2D eigenvalue weighted by atomic mass is 19.1. The number of benzene rings is 1. The Balaban J connectivity index is 2.49. The zero-order chi connectivity index (χ0) is 17.4. The summed E-state index contributed by atoms with van der Waals surface area (Å²) in [4.78, 5) is 24.0. The quantitative estimate of drug-likeness (QED) is 0.747. The SMILES string of the molecule is CCCC(C)NC(=O)C(C)OC(=O)C(C)Cc1cccc(F)c1. The fraction of sp³-hybridized carbons (Fsp3) is 0.556. The van der Waals surface area contributed by atoms with Gasteiger partial charge in [0.25, 0.3) is 5.91 Å². The van der Waals surface area contributed by atoms with Crippen LogP contribution in [0.3, 0.4) is 0 Å². The first-order valence-electron chi connectivity index (χ1n) is 8.08. The number of rotatable bonds is 8. The minimum atomic E-state index is -0.836. The smallest absolute Gasteiger partial charge is 0.309 e. The van der Waals surface area contributed by atoms with Crippen LogP contribution in [0, 0.1) is 11.7 Å². The fourth-order valence-electron chi connectivity index (χ4n) is 2.31. The molecule has 0 saturated carbocycles. The molecule has 0 saturated heterocycles. The minimum absolute atomic E-state index is 0.0540. The predicted octanol–water partition coefficient (Wildman–Crippen LogP) is 3.24. The zero-order valence-corrected chi connectivity index (χ0v) is 14.3. The van der Waals surface area contributed by atoms with Crippen molar-refractivity contribution in [3.05, 3.63) is 35.6 Å². The van der Waals surface area contributed by atoms with Gasteiger partial charge in [0.1, 0.15) is 5.82 Å². The van der Waals surface area contributed by atoms with Crippen molar-refractivity contribution in [2.45, 2.75) is 59.1 Å². The molecule has 3 atom stereocenters. The van der Waals surface area contributed by atoms with Crippen LogP contribution in [-0.4, -0.2) is 24.0 Å². The van der Waals surface area contributed by atoms with Gasteiger partial charge in [-0.05, 0) is 44.4 Å². The second-order valence-corrected chi connectivity index (χ2v) is 6.01. The summed E-state index contributed by atoms with van der Waals surface area (Å²) < 4.78 is 18.4. The van der Waals surface area contributed by atoms with Gasteiger partial charge in [-0.3, -0.25) is 9.59 Å². The molecule has 23 heavy (non-hydrogen) atoms. The van der Waals surface area contributed by atoms with E-state index >= 15 is 0 Å². The number of hydrogen-bond donors (Lipinski definition) is 1. The Labute approximate surface area is 137 Å². The van der Waals surface area contributed by atoms with Crippen molar-refractivity contribution in [1.29, 1.82) is 0 Å². The lowest BCUT2D eigenvalue weighted by Gasteiger charge is -2.19. The summed E-state index contributed by atoms with van der Waals surface area (Å²) >= 11 is 0. The van der Waals surface area contributed by atoms with Crippen LogP contribution >= 0.6 is 0 Å². The summed E-state index contributed by atoms with van der Waals surface area (Å²) in [5.74, 6) is -1.53. The predicted molar refractivity (Wildman–Crippen MR) is 87.3 cm³/mol. The fourth-order valence-corrected chi connectivity index (χ4v) is 2.31. The van der Waals surface area contributed by atoms with Crippen molar-refractivity contribution in [3.8, 4) is 0 Å². The van der Waals surface area contributed by atoms with Gasteiger partial charge in [0.2, 0.25) is 0 Å². The molecule has 0 spiro atoms. The van der Waals surface area contributed by atoms with E-state index in [-0.39, 0.29) is 17.8 Å². The van der Waals surface area contributed by atoms with Gasteiger partial charge in [-0.1, -0.05) is 32.4 Å². The van der Waals surface area contributed by atoms with Gasteiger partial charge >= 0.3 is 5.97 Å². The van der Waals surface area contributed by atoms with Crippen molar-refractivity contribution in [2.75, 3.05) is 0 Å². The van der Waals surface area contributed by atoms with Crippen LogP contribution in [0.5, 0.6) is 0 Å². The molecule has 0 heterocycles. The maximum absolute atomic E-state index is 13.1. The summed E-state index contributed by atoms with van der Waals surface area (Å²) in [7, 11) is 0. The van der Waals surface area contributed by atoms with Crippen LogP contribution in [-0.2, 0) is 20.7 Å². The van der Waals surface area contributed by atoms with Crippen molar-refractivity contribution < 1.29 is 18.7 Å². The number of hydrogen-bond acceptors (Lipinski definition) is 3. The summed E-state index contributed by atoms with van der Waals surface area (Å²) in [6.07, 6.45) is 1.39. The number of carbonyl (C=O) groups excluding carboxylic acids is 2. The molecule has 1 aromatic carbocycles. The van der Waals surface area contributed by atoms with Crippen molar-refractivity contribution in [3.63, 3.8) is 0 Å². The van der Waals surface area contributed by atoms with E-state index in [1.165, 1.54) is 12.1 Å². The van der Waals surface area contributed by atoms with Crippen LogP contribution < -0.4 is 5.32 Å². The minimum Gasteiger partial charge on any atom is -0.452 e. The van der Waals surface area contributed by atoms with Crippen molar-refractivity contribution in [1.82, 2.24) is 5.32 Å².